The van der Waals surface area contributed by atoms with Gasteiger partial charge in [-0.3, -0.25) is 9.59 Å². The number of nitrogens with two attached hydrogens (primary N) is 1. The summed E-state index contributed by atoms with van der Waals surface area (Å²) in [7, 11) is 0. The predicted octanol–water partition coefficient (Wildman–Crippen LogP) is 2.11. The molecule has 1 aromatic heterocycles. The summed E-state index contributed by atoms with van der Waals surface area (Å²) in [6.07, 6.45) is 2.90. The van der Waals surface area contributed by atoms with Gasteiger partial charge in [0.15, 0.2) is 5.78 Å². The second kappa shape index (κ2) is 5.04. The van der Waals surface area contributed by atoms with Gasteiger partial charge in [-0.1, -0.05) is 18.2 Å². The topological polar surface area (TPSA) is 65.1 Å². The first-order chi connectivity index (χ1) is 8.59. The van der Waals surface area contributed by atoms with Crippen LogP contribution in [0.5, 0.6) is 0 Å². The van der Waals surface area contributed by atoms with Crippen molar-refractivity contribution >= 4 is 22.6 Å². The summed E-state index contributed by atoms with van der Waals surface area (Å²) < 4.78 is 2.01. The van der Waals surface area contributed by atoms with Crippen LogP contribution in [-0.2, 0) is 11.3 Å². The minimum absolute atomic E-state index is 0.0554. The highest BCUT2D eigenvalue weighted by molar-refractivity contribution is 6.06. The first-order valence-electron chi connectivity index (χ1n) is 5.96. The number of aryl methyl sites for hydroxylation is 1. The number of primary amides is 1. The summed E-state index contributed by atoms with van der Waals surface area (Å²) in [6, 6.07) is 7.78. The number of Topliss-reactive ketones (excluding diaryl/α,β-unsaturated/α-hetero) is 1. The molecule has 0 atom stereocenters. The average molecular weight is 244 g/mol. The van der Waals surface area contributed by atoms with Gasteiger partial charge in [0.1, 0.15) is 0 Å². The lowest BCUT2D eigenvalue weighted by atomic mass is 10.1. The Labute approximate surface area is 105 Å². The largest absolute Gasteiger partial charge is 0.370 e. The molecular formula is C14H16N2O2. The molecule has 4 heteroatoms. The van der Waals surface area contributed by atoms with Crippen LogP contribution in [0.4, 0.5) is 0 Å². The third-order valence-electron chi connectivity index (χ3n) is 2.99. The Bertz CT molecular complexity index is 599. The number of hydrogen-bond donors (Lipinski definition) is 1. The molecule has 0 radical (unpaired) electrons. The first-order valence-corrected chi connectivity index (χ1v) is 5.96. The fraction of sp³-hybridized carbons (Fsp3) is 0.286. The highest BCUT2D eigenvalue weighted by Gasteiger charge is 2.11. The molecule has 1 aromatic carbocycles. The lowest BCUT2D eigenvalue weighted by Gasteiger charge is -2.03. The standard InChI is InChI=1S/C14H16N2O2/c1-10(17)12-9-16(8-4-7-14(15)18)13-6-3-2-5-11(12)13/h2-3,5-6,9H,4,7-8H2,1H3,(H2,15,18). The maximum absolute atomic E-state index is 11.6. The normalized spacial score (nSPS) is 10.7. The van der Waals surface area contributed by atoms with Crippen LogP contribution in [0.3, 0.4) is 0 Å². The Morgan fingerprint density at radius 1 is 1.28 bits per heavy atom. The molecular weight excluding hydrogens is 228 g/mol. The number of carbonyl (C=O) groups is 2. The molecule has 0 saturated carbocycles. The third kappa shape index (κ3) is 2.42. The molecule has 2 aromatic rings. The molecule has 2 rings (SSSR count). The Balaban J connectivity index is 2.33. The van der Waals surface area contributed by atoms with Gasteiger partial charge in [0, 0.05) is 35.6 Å². The van der Waals surface area contributed by atoms with Gasteiger partial charge in [-0.05, 0) is 19.4 Å². The fourth-order valence-electron chi connectivity index (χ4n) is 2.14. The van der Waals surface area contributed by atoms with Crippen molar-refractivity contribution in [2.45, 2.75) is 26.3 Å². The summed E-state index contributed by atoms with van der Waals surface area (Å²) in [5, 5.41) is 0.962. The molecule has 18 heavy (non-hydrogen) atoms. The number of fused-ring (bicyclic) bond motifs is 1. The van der Waals surface area contributed by atoms with Crippen LogP contribution in [0.1, 0.15) is 30.1 Å². The molecule has 0 bridgehead atoms. The van der Waals surface area contributed by atoms with E-state index >= 15 is 0 Å². The summed E-state index contributed by atoms with van der Waals surface area (Å²) >= 11 is 0. The van der Waals surface area contributed by atoms with E-state index in [2.05, 4.69) is 0 Å². The van der Waals surface area contributed by atoms with Crippen LogP contribution in [-0.4, -0.2) is 16.3 Å². The molecule has 0 aliphatic rings. The lowest BCUT2D eigenvalue weighted by Crippen LogP contribution is -2.11. The van der Waals surface area contributed by atoms with Gasteiger partial charge in [-0.15, -0.1) is 0 Å². The maximum atomic E-state index is 11.6. The van der Waals surface area contributed by atoms with Crippen LogP contribution in [0.15, 0.2) is 30.5 Å². The van der Waals surface area contributed by atoms with E-state index in [1.54, 1.807) is 6.92 Å². The highest BCUT2D eigenvalue weighted by Crippen LogP contribution is 2.22. The van der Waals surface area contributed by atoms with Crippen molar-refractivity contribution in [1.29, 1.82) is 0 Å². The van der Waals surface area contributed by atoms with E-state index in [0.717, 1.165) is 16.5 Å². The Kier molecular flexibility index (Phi) is 3.46. The minimum atomic E-state index is -0.293. The number of rotatable bonds is 5. The van der Waals surface area contributed by atoms with Crippen molar-refractivity contribution in [2.24, 2.45) is 5.73 Å². The van der Waals surface area contributed by atoms with Crippen LogP contribution < -0.4 is 5.73 Å². The number of carbonyl (C=O) groups excluding carboxylic acids is 2. The minimum Gasteiger partial charge on any atom is -0.370 e. The SMILES string of the molecule is CC(=O)c1cn(CCCC(N)=O)c2ccccc12. The fourth-order valence-corrected chi connectivity index (χ4v) is 2.14. The van der Waals surface area contributed by atoms with Gasteiger partial charge in [-0.2, -0.15) is 0 Å². The van der Waals surface area contributed by atoms with Gasteiger partial charge in [0.05, 0.1) is 0 Å². The first kappa shape index (κ1) is 12.4. The molecule has 0 aliphatic heterocycles. The van der Waals surface area contributed by atoms with Gasteiger partial charge in [0.25, 0.3) is 0 Å². The number of ketones is 1. The van der Waals surface area contributed by atoms with E-state index in [0.29, 0.717) is 19.4 Å². The van der Waals surface area contributed by atoms with E-state index < -0.39 is 0 Å². The smallest absolute Gasteiger partial charge is 0.217 e. The summed E-state index contributed by atoms with van der Waals surface area (Å²) in [5.74, 6) is -0.238. The predicted molar refractivity (Wildman–Crippen MR) is 70.4 cm³/mol. The molecule has 1 amide bonds. The van der Waals surface area contributed by atoms with Crippen LogP contribution >= 0.6 is 0 Å². The number of benzene rings is 1. The molecule has 0 spiro atoms. The second-order valence-corrected chi connectivity index (χ2v) is 4.38. The summed E-state index contributed by atoms with van der Waals surface area (Å²) in [6.45, 7) is 2.26. The van der Waals surface area contributed by atoms with Gasteiger partial charge < -0.3 is 10.3 Å². The number of hydrogen-bond acceptors (Lipinski definition) is 2. The van der Waals surface area contributed by atoms with E-state index in [1.165, 1.54) is 0 Å². The van der Waals surface area contributed by atoms with Crippen molar-refractivity contribution in [3.8, 4) is 0 Å². The molecule has 2 N–H and O–H groups in total. The van der Waals surface area contributed by atoms with Crippen molar-refractivity contribution in [2.75, 3.05) is 0 Å². The van der Waals surface area contributed by atoms with Crippen LogP contribution in [0, 0.1) is 0 Å². The zero-order valence-electron chi connectivity index (χ0n) is 10.3. The van der Waals surface area contributed by atoms with Crippen molar-refractivity contribution in [3.05, 3.63) is 36.0 Å². The molecule has 94 valence electrons. The summed E-state index contributed by atoms with van der Waals surface area (Å²) in [5.41, 5.74) is 6.87. The van der Waals surface area contributed by atoms with Crippen LogP contribution in [0.25, 0.3) is 10.9 Å². The Morgan fingerprint density at radius 3 is 2.67 bits per heavy atom. The molecule has 0 fully saturated rings. The summed E-state index contributed by atoms with van der Waals surface area (Å²) in [4.78, 5) is 22.3. The van der Waals surface area contributed by atoms with Crippen molar-refractivity contribution in [1.82, 2.24) is 4.57 Å². The van der Waals surface area contributed by atoms with Gasteiger partial charge in [0.2, 0.25) is 5.91 Å². The third-order valence-corrected chi connectivity index (χ3v) is 2.99. The van der Waals surface area contributed by atoms with Gasteiger partial charge in [-0.25, -0.2) is 0 Å². The number of nitrogens with zero attached hydrogens (tertiary/aromatic N) is 1. The van der Waals surface area contributed by atoms with E-state index in [1.807, 2.05) is 35.0 Å². The zero-order chi connectivity index (χ0) is 13.1. The quantitative estimate of drug-likeness (QED) is 0.818. The van der Waals surface area contributed by atoms with Crippen molar-refractivity contribution in [3.63, 3.8) is 0 Å². The number of amides is 1. The lowest BCUT2D eigenvalue weighted by molar-refractivity contribution is -0.118. The molecule has 0 saturated heterocycles. The van der Waals surface area contributed by atoms with Gasteiger partial charge >= 0.3 is 0 Å². The van der Waals surface area contributed by atoms with Crippen molar-refractivity contribution < 1.29 is 9.59 Å². The number of para-hydroxylation sites is 1. The Hall–Kier alpha value is -2.10. The van der Waals surface area contributed by atoms with Crippen LogP contribution in [0.2, 0.25) is 0 Å². The molecule has 1 heterocycles. The average Bonchev–Trinajstić information content (AvgIpc) is 2.68. The highest BCUT2D eigenvalue weighted by atomic mass is 16.1. The second-order valence-electron chi connectivity index (χ2n) is 4.38. The monoisotopic (exact) mass is 244 g/mol. The molecule has 0 unspecified atom stereocenters. The van der Waals surface area contributed by atoms with E-state index in [4.69, 9.17) is 5.73 Å². The Morgan fingerprint density at radius 2 is 2.00 bits per heavy atom. The van der Waals surface area contributed by atoms with E-state index in [-0.39, 0.29) is 11.7 Å². The zero-order valence-corrected chi connectivity index (χ0v) is 10.3. The molecule has 0 aliphatic carbocycles. The maximum Gasteiger partial charge on any atom is 0.217 e. The molecule has 4 nitrogen and oxygen atoms in total. The number of aromatic nitrogens is 1. The van der Waals surface area contributed by atoms with E-state index in [9.17, 15) is 9.59 Å².